The quantitative estimate of drug-likeness (QED) is 0.611. The highest BCUT2D eigenvalue weighted by Crippen LogP contribution is 2.20. The van der Waals surface area contributed by atoms with Crippen molar-refractivity contribution in [3.8, 4) is 5.75 Å². The van der Waals surface area contributed by atoms with Gasteiger partial charge >= 0.3 is 0 Å². The average Bonchev–Trinajstić information content (AvgIpc) is 2.87. The van der Waals surface area contributed by atoms with Crippen molar-refractivity contribution in [1.29, 1.82) is 0 Å². The highest BCUT2D eigenvalue weighted by Gasteiger charge is 2.25. The summed E-state index contributed by atoms with van der Waals surface area (Å²) in [5.74, 6) is -1.04. The molecule has 3 aromatic carbocycles. The van der Waals surface area contributed by atoms with Gasteiger partial charge in [-0.2, -0.15) is 0 Å². The Kier molecular flexibility index (Phi) is 6.87. The van der Waals surface area contributed by atoms with E-state index in [0.29, 0.717) is 48.6 Å². The summed E-state index contributed by atoms with van der Waals surface area (Å²) in [5, 5.41) is 0. The van der Waals surface area contributed by atoms with Crippen LogP contribution < -0.4 is 10.5 Å². The Morgan fingerprint density at radius 1 is 0.794 bits per heavy atom. The van der Waals surface area contributed by atoms with Crippen LogP contribution >= 0.6 is 0 Å². The largest absolute Gasteiger partial charge is 0.488 e. The molecule has 0 bridgehead atoms. The van der Waals surface area contributed by atoms with Crippen LogP contribution in [0.25, 0.3) is 0 Å². The summed E-state index contributed by atoms with van der Waals surface area (Å²) in [6, 6.07) is 19.4. The van der Waals surface area contributed by atoms with Crippen LogP contribution in [0.2, 0.25) is 0 Å². The van der Waals surface area contributed by atoms with Gasteiger partial charge in [-0.05, 0) is 48.0 Å². The average molecular weight is 461 g/mol. The predicted molar refractivity (Wildman–Crippen MR) is 124 cm³/mol. The van der Waals surface area contributed by atoms with Gasteiger partial charge in [0.05, 0.1) is 5.56 Å². The molecule has 0 atom stereocenters. The maximum absolute atomic E-state index is 13.4. The molecule has 1 aliphatic heterocycles. The molecule has 174 valence electrons. The lowest BCUT2D eigenvalue weighted by molar-refractivity contribution is 0.0535. The van der Waals surface area contributed by atoms with Gasteiger partial charge in [-0.1, -0.05) is 30.3 Å². The van der Waals surface area contributed by atoms with E-state index in [2.05, 4.69) is 0 Å². The Morgan fingerprint density at radius 3 is 2.00 bits per heavy atom. The number of ether oxygens (including phenoxy) is 1. The van der Waals surface area contributed by atoms with Gasteiger partial charge in [0.25, 0.3) is 17.7 Å². The van der Waals surface area contributed by atoms with Gasteiger partial charge in [-0.15, -0.1) is 0 Å². The molecule has 1 aliphatic rings. The van der Waals surface area contributed by atoms with Crippen LogP contribution in [0.1, 0.15) is 36.6 Å². The molecule has 0 unspecified atom stereocenters. The number of primary amides is 1. The van der Waals surface area contributed by atoms with E-state index in [1.54, 1.807) is 58.3 Å². The number of piperazine rings is 1. The fourth-order valence-electron chi connectivity index (χ4n) is 3.85. The topological polar surface area (TPSA) is 92.9 Å². The van der Waals surface area contributed by atoms with E-state index < -0.39 is 11.7 Å². The Bertz CT molecular complexity index is 1220. The van der Waals surface area contributed by atoms with E-state index in [4.69, 9.17) is 10.5 Å². The summed E-state index contributed by atoms with van der Waals surface area (Å²) in [6.45, 7) is 1.67. The second kappa shape index (κ2) is 10.2. The molecule has 0 aromatic heterocycles. The highest BCUT2D eigenvalue weighted by molar-refractivity contribution is 5.96. The first-order valence-electron chi connectivity index (χ1n) is 10.9. The molecule has 34 heavy (non-hydrogen) atoms. The van der Waals surface area contributed by atoms with Gasteiger partial charge in [0.15, 0.2) is 0 Å². The predicted octanol–water partition coefficient (Wildman–Crippen LogP) is 3.10. The number of nitrogens with two attached hydrogens (primary N) is 1. The summed E-state index contributed by atoms with van der Waals surface area (Å²) in [7, 11) is 0. The Hall–Kier alpha value is -4.20. The third-order valence-electron chi connectivity index (χ3n) is 5.65. The molecular weight excluding hydrogens is 437 g/mol. The van der Waals surface area contributed by atoms with Crippen LogP contribution in [-0.2, 0) is 6.61 Å². The van der Waals surface area contributed by atoms with Crippen LogP contribution in [0.3, 0.4) is 0 Å². The van der Waals surface area contributed by atoms with Gasteiger partial charge in [0, 0.05) is 37.3 Å². The number of halogens is 1. The van der Waals surface area contributed by atoms with Crippen molar-refractivity contribution >= 4 is 17.7 Å². The van der Waals surface area contributed by atoms with Crippen molar-refractivity contribution in [3.05, 3.63) is 101 Å². The Balaban J connectivity index is 1.36. The van der Waals surface area contributed by atoms with E-state index in [-0.39, 0.29) is 18.4 Å². The normalized spacial score (nSPS) is 13.4. The van der Waals surface area contributed by atoms with E-state index in [1.165, 1.54) is 18.2 Å². The molecule has 1 fully saturated rings. The fourth-order valence-corrected chi connectivity index (χ4v) is 3.85. The van der Waals surface area contributed by atoms with Crippen LogP contribution in [0.5, 0.6) is 5.75 Å². The highest BCUT2D eigenvalue weighted by atomic mass is 19.1. The molecule has 0 saturated carbocycles. The van der Waals surface area contributed by atoms with Crippen LogP contribution in [-0.4, -0.2) is 53.7 Å². The molecule has 0 aliphatic carbocycles. The summed E-state index contributed by atoms with van der Waals surface area (Å²) >= 11 is 0. The molecule has 0 radical (unpaired) electrons. The molecule has 3 aromatic rings. The molecule has 2 N–H and O–H groups in total. The number of carbonyl (C=O) groups excluding carboxylic acids is 3. The SMILES string of the molecule is NC(=O)c1ccccc1OCc1cccc(C(=O)N2CCN(C(=O)c3cccc(F)c3)CC2)c1. The zero-order chi connectivity index (χ0) is 24.1. The van der Waals surface area contributed by atoms with E-state index in [0.717, 1.165) is 5.56 Å². The molecule has 1 heterocycles. The van der Waals surface area contributed by atoms with E-state index in [1.807, 2.05) is 6.07 Å². The van der Waals surface area contributed by atoms with Crippen molar-refractivity contribution in [2.24, 2.45) is 5.73 Å². The molecule has 4 rings (SSSR count). The Morgan fingerprint density at radius 2 is 1.38 bits per heavy atom. The molecule has 1 saturated heterocycles. The minimum absolute atomic E-state index is 0.141. The summed E-state index contributed by atoms with van der Waals surface area (Å²) in [6.07, 6.45) is 0. The number of rotatable bonds is 6. The number of carbonyl (C=O) groups is 3. The zero-order valence-corrected chi connectivity index (χ0v) is 18.4. The van der Waals surface area contributed by atoms with Gasteiger partial charge < -0.3 is 20.3 Å². The third kappa shape index (κ3) is 5.23. The van der Waals surface area contributed by atoms with Crippen molar-refractivity contribution < 1.29 is 23.5 Å². The minimum Gasteiger partial charge on any atom is -0.488 e. The molecular formula is C26H24FN3O4. The van der Waals surface area contributed by atoms with Gasteiger partial charge in [-0.3, -0.25) is 14.4 Å². The number of hydrogen-bond acceptors (Lipinski definition) is 4. The molecule has 0 spiro atoms. The fraction of sp³-hybridized carbons (Fsp3) is 0.192. The monoisotopic (exact) mass is 461 g/mol. The lowest BCUT2D eigenvalue weighted by Crippen LogP contribution is -2.50. The second-order valence-electron chi connectivity index (χ2n) is 7.94. The number of nitrogens with zero attached hydrogens (tertiary/aromatic N) is 2. The summed E-state index contributed by atoms with van der Waals surface area (Å²) in [4.78, 5) is 40.5. The lowest BCUT2D eigenvalue weighted by atomic mass is 10.1. The van der Waals surface area contributed by atoms with E-state index in [9.17, 15) is 18.8 Å². The second-order valence-corrected chi connectivity index (χ2v) is 7.94. The van der Waals surface area contributed by atoms with Crippen molar-refractivity contribution in [1.82, 2.24) is 9.80 Å². The third-order valence-corrected chi connectivity index (χ3v) is 5.65. The smallest absolute Gasteiger partial charge is 0.254 e. The van der Waals surface area contributed by atoms with Gasteiger partial charge in [0.1, 0.15) is 18.2 Å². The van der Waals surface area contributed by atoms with Crippen molar-refractivity contribution in [2.45, 2.75) is 6.61 Å². The molecule has 7 nitrogen and oxygen atoms in total. The van der Waals surface area contributed by atoms with Gasteiger partial charge in [0.2, 0.25) is 0 Å². The van der Waals surface area contributed by atoms with Crippen molar-refractivity contribution in [3.63, 3.8) is 0 Å². The number of hydrogen-bond donors (Lipinski definition) is 1. The maximum Gasteiger partial charge on any atom is 0.254 e. The minimum atomic E-state index is -0.574. The van der Waals surface area contributed by atoms with E-state index >= 15 is 0 Å². The number of para-hydroxylation sites is 1. The molecule has 8 heteroatoms. The maximum atomic E-state index is 13.4. The zero-order valence-electron chi connectivity index (χ0n) is 18.4. The van der Waals surface area contributed by atoms with Crippen molar-refractivity contribution in [2.75, 3.05) is 26.2 Å². The number of benzene rings is 3. The lowest BCUT2D eigenvalue weighted by Gasteiger charge is -2.35. The first kappa shape index (κ1) is 23.0. The number of amides is 3. The summed E-state index contributed by atoms with van der Waals surface area (Å²) < 4.78 is 19.2. The first-order valence-corrected chi connectivity index (χ1v) is 10.9. The Labute approximate surface area is 196 Å². The first-order chi connectivity index (χ1) is 16.4. The standard InChI is InChI=1S/C26H24FN3O4/c27-21-8-4-7-20(16-21)26(33)30-13-11-29(12-14-30)25(32)19-6-3-5-18(15-19)17-34-23-10-2-1-9-22(23)24(28)31/h1-10,15-16H,11-14,17H2,(H2,28,31). The summed E-state index contributed by atoms with van der Waals surface area (Å²) in [5.41, 5.74) is 7.25. The van der Waals surface area contributed by atoms with Crippen LogP contribution in [0, 0.1) is 5.82 Å². The van der Waals surface area contributed by atoms with Gasteiger partial charge in [-0.25, -0.2) is 4.39 Å². The molecule has 3 amide bonds. The van der Waals surface area contributed by atoms with Crippen LogP contribution in [0.15, 0.2) is 72.8 Å². The van der Waals surface area contributed by atoms with Crippen LogP contribution in [0.4, 0.5) is 4.39 Å².